The Morgan fingerprint density at radius 1 is 1.03 bits per heavy atom. The lowest BCUT2D eigenvalue weighted by Gasteiger charge is -2.56. The van der Waals surface area contributed by atoms with Gasteiger partial charge in [0.15, 0.2) is 0 Å². The molecule has 2 N–H and O–H groups in total. The number of hydrogen-bond donors (Lipinski definition) is 2. The number of carbonyl (C=O) groups excluding carboxylic acids is 2. The van der Waals surface area contributed by atoms with E-state index < -0.39 is 6.10 Å². The number of benzene rings is 1. The van der Waals surface area contributed by atoms with E-state index in [2.05, 4.69) is 5.32 Å². The number of carbonyl (C=O) groups is 2. The number of aliphatic hydroxyl groups excluding tert-OH is 1. The van der Waals surface area contributed by atoms with E-state index in [1.54, 1.807) is 17.0 Å². The van der Waals surface area contributed by atoms with Crippen molar-refractivity contribution in [3.8, 4) is 0 Å². The fourth-order valence-electron chi connectivity index (χ4n) is 7.28. The number of nitrogens with one attached hydrogen (secondary N) is 1. The van der Waals surface area contributed by atoms with Gasteiger partial charge >= 0.3 is 0 Å². The van der Waals surface area contributed by atoms with E-state index in [9.17, 15) is 19.1 Å². The van der Waals surface area contributed by atoms with E-state index in [0.717, 1.165) is 23.3 Å². The third-order valence-corrected chi connectivity index (χ3v) is 7.99. The van der Waals surface area contributed by atoms with Gasteiger partial charge in [-0.2, -0.15) is 0 Å². The highest BCUT2D eigenvalue weighted by molar-refractivity contribution is 5.85. The summed E-state index contributed by atoms with van der Waals surface area (Å²) in [6.45, 7) is 0.196. The van der Waals surface area contributed by atoms with E-state index in [-0.39, 0.29) is 42.2 Å². The zero-order valence-corrected chi connectivity index (χ0v) is 17.4. The Morgan fingerprint density at radius 3 is 2.23 bits per heavy atom. The van der Waals surface area contributed by atoms with Gasteiger partial charge in [0.05, 0.1) is 18.7 Å². The number of hydrogen-bond acceptors (Lipinski definition) is 3. The SMILES string of the molecule is O=C(CC12CC3CC(CC(C3)C1)C2)NCC(=O)N1C[C@H](O)C[C@H]1c1ccc(F)cc1. The Morgan fingerprint density at radius 2 is 1.63 bits per heavy atom. The van der Waals surface area contributed by atoms with Gasteiger partial charge in [0.2, 0.25) is 11.8 Å². The zero-order valence-electron chi connectivity index (χ0n) is 17.4. The maximum Gasteiger partial charge on any atom is 0.242 e. The summed E-state index contributed by atoms with van der Waals surface area (Å²) in [6.07, 6.45) is 7.92. The van der Waals surface area contributed by atoms with Crippen molar-refractivity contribution in [2.24, 2.45) is 23.2 Å². The van der Waals surface area contributed by atoms with Gasteiger partial charge in [-0.05, 0) is 85.8 Å². The van der Waals surface area contributed by atoms with E-state index in [0.29, 0.717) is 12.8 Å². The van der Waals surface area contributed by atoms with Crippen LogP contribution in [0.1, 0.15) is 63.0 Å². The van der Waals surface area contributed by atoms with Gasteiger partial charge in [-0.15, -0.1) is 0 Å². The van der Waals surface area contributed by atoms with Crippen molar-refractivity contribution in [2.75, 3.05) is 13.1 Å². The Labute approximate surface area is 177 Å². The highest BCUT2D eigenvalue weighted by atomic mass is 19.1. The van der Waals surface area contributed by atoms with Crippen LogP contribution in [0.25, 0.3) is 0 Å². The van der Waals surface area contributed by atoms with Crippen LogP contribution in [0.2, 0.25) is 0 Å². The lowest BCUT2D eigenvalue weighted by Crippen LogP contribution is -2.48. The molecular weight excluding hydrogens is 383 g/mol. The number of rotatable bonds is 5. The molecule has 0 radical (unpaired) electrons. The second-order valence-electron chi connectivity index (χ2n) is 10.4. The molecule has 4 bridgehead atoms. The Hall–Kier alpha value is -1.95. The lowest BCUT2D eigenvalue weighted by atomic mass is 9.49. The highest BCUT2D eigenvalue weighted by Gasteiger charge is 2.51. The molecule has 2 amide bonds. The number of aliphatic hydroxyl groups is 1. The van der Waals surface area contributed by atoms with Crippen LogP contribution in [-0.2, 0) is 9.59 Å². The molecule has 6 heteroatoms. The molecule has 6 rings (SSSR count). The Bertz CT molecular complexity index is 789. The summed E-state index contributed by atoms with van der Waals surface area (Å²) in [5, 5.41) is 13.0. The summed E-state index contributed by atoms with van der Waals surface area (Å²) in [7, 11) is 0. The first-order valence-corrected chi connectivity index (χ1v) is 11.4. The van der Waals surface area contributed by atoms with Crippen LogP contribution in [0.5, 0.6) is 0 Å². The summed E-state index contributed by atoms with van der Waals surface area (Å²) in [4.78, 5) is 27.2. The normalized spacial score (nSPS) is 36.9. The molecule has 0 unspecified atom stereocenters. The van der Waals surface area contributed by atoms with Gasteiger partial charge in [-0.1, -0.05) is 12.1 Å². The van der Waals surface area contributed by atoms with Crippen molar-refractivity contribution in [3.63, 3.8) is 0 Å². The molecule has 1 aromatic carbocycles. The molecule has 1 heterocycles. The van der Waals surface area contributed by atoms with Crippen LogP contribution >= 0.6 is 0 Å². The largest absolute Gasteiger partial charge is 0.391 e. The first kappa shape index (κ1) is 20.0. The average molecular weight is 415 g/mol. The summed E-state index contributed by atoms with van der Waals surface area (Å²) >= 11 is 0. The van der Waals surface area contributed by atoms with Crippen molar-refractivity contribution in [2.45, 2.75) is 63.5 Å². The van der Waals surface area contributed by atoms with Crippen LogP contribution in [0.4, 0.5) is 4.39 Å². The highest BCUT2D eigenvalue weighted by Crippen LogP contribution is 2.61. The molecule has 1 saturated heterocycles. The third-order valence-electron chi connectivity index (χ3n) is 7.99. The van der Waals surface area contributed by atoms with Gasteiger partial charge < -0.3 is 15.3 Å². The zero-order chi connectivity index (χ0) is 20.9. The van der Waals surface area contributed by atoms with E-state index in [1.165, 1.54) is 50.7 Å². The van der Waals surface area contributed by atoms with E-state index in [4.69, 9.17) is 0 Å². The molecule has 5 nitrogen and oxygen atoms in total. The molecule has 1 aromatic rings. The molecule has 4 aliphatic carbocycles. The molecule has 162 valence electrons. The molecule has 2 atom stereocenters. The number of halogens is 1. The van der Waals surface area contributed by atoms with Crippen molar-refractivity contribution in [3.05, 3.63) is 35.6 Å². The summed E-state index contributed by atoms with van der Waals surface area (Å²) in [6, 6.07) is 5.77. The predicted octanol–water partition coefficient (Wildman–Crippen LogP) is 3.18. The number of nitrogens with zero attached hydrogens (tertiary/aromatic N) is 1. The maximum absolute atomic E-state index is 13.2. The molecule has 0 aromatic heterocycles. The molecule has 5 aliphatic rings. The fraction of sp³-hybridized carbons (Fsp3) is 0.667. The summed E-state index contributed by atoms with van der Waals surface area (Å²) < 4.78 is 13.2. The first-order chi connectivity index (χ1) is 14.4. The van der Waals surface area contributed by atoms with Crippen molar-refractivity contribution in [1.29, 1.82) is 0 Å². The van der Waals surface area contributed by atoms with Gasteiger partial charge in [0.25, 0.3) is 0 Å². The van der Waals surface area contributed by atoms with Crippen LogP contribution in [0.15, 0.2) is 24.3 Å². The second-order valence-corrected chi connectivity index (χ2v) is 10.4. The second kappa shape index (κ2) is 7.63. The van der Waals surface area contributed by atoms with Gasteiger partial charge in [0.1, 0.15) is 5.82 Å². The standard InChI is InChI=1S/C24H31FN2O3/c25-19-3-1-18(2-4-19)21-8-20(28)14-27(21)23(30)13-26-22(29)12-24-9-15-5-16(10-24)7-17(6-15)11-24/h1-4,15-17,20-21,28H,5-14H2,(H,26,29)/t15?,16?,17?,20-,21+,24?/m1/s1. The van der Waals surface area contributed by atoms with Crippen molar-refractivity contribution < 1.29 is 19.1 Å². The Balaban J connectivity index is 1.18. The average Bonchev–Trinajstić information content (AvgIpc) is 3.07. The molecule has 30 heavy (non-hydrogen) atoms. The minimum absolute atomic E-state index is 0.0247. The van der Waals surface area contributed by atoms with Crippen molar-refractivity contribution >= 4 is 11.8 Å². The molecule has 4 saturated carbocycles. The number of amides is 2. The van der Waals surface area contributed by atoms with Crippen LogP contribution in [0.3, 0.4) is 0 Å². The summed E-state index contributed by atoms with van der Waals surface area (Å²) in [5.74, 6) is 1.85. The first-order valence-electron chi connectivity index (χ1n) is 11.4. The minimum atomic E-state index is -0.605. The van der Waals surface area contributed by atoms with Crippen LogP contribution in [0, 0.1) is 29.0 Å². The third kappa shape index (κ3) is 3.86. The quantitative estimate of drug-likeness (QED) is 0.778. The van der Waals surface area contributed by atoms with Gasteiger partial charge in [0, 0.05) is 13.0 Å². The minimum Gasteiger partial charge on any atom is -0.391 e. The summed E-state index contributed by atoms with van der Waals surface area (Å²) in [5.41, 5.74) is 0.962. The molecule has 5 fully saturated rings. The smallest absolute Gasteiger partial charge is 0.242 e. The lowest BCUT2D eigenvalue weighted by molar-refractivity contribution is -0.136. The van der Waals surface area contributed by atoms with Gasteiger partial charge in [-0.25, -0.2) is 4.39 Å². The fourth-order valence-corrected chi connectivity index (χ4v) is 7.28. The number of β-amino-alcohol motifs (C(OH)–C–C–N with tert-alkyl or cyclic N) is 1. The molecular formula is C24H31FN2O3. The van der Waals surface area contributed by atoms with E-state index in [1.807, 2.05) is 0 Å². The Kier molecular flexibility index (Phi) is 5.08. The van der Waals surface area contributed by atoms with Crippen LogP contribution in [-0.4, -0.2) is 41.0 Å². The van der Waals surface area contributed by atoms with E-state index >= 15 is 0 Å². The topological polar surface area (TPSA) is 69.6 Å². The predicted molar refractivity (Wildman–Crippen MR) is 110 cm³/mol. The molecule has 0 spiro atoms. The van der Waals surface area contributed by atoms with Crippen LogP contribution < -0.4 is 5.32 Å². The van der Waals surface area contributed by atoms with Crippen molar-refractivity contribution in [1.82, 2.24) is 10.2 Å². The monoisotopic (exact) mass is 414 g/mol. The number of likely N-dealkylation sites (tertiary alicyclic amines) is 1. The molecule has 1 aliphatic heterocycles. The maximum atomic E-state index is 13.2. The van der Waals surface area contributed by atoms with Gasteiger partial charge in [-0.3, -0.25) is 9.59 Å².